The van der Waals surface area contributed by atoms with Gasteiger partial charge in [-0.25, -0.2) is 13.6 Å². The van der Waals surface area contributed by atoms with E-state index in [2.05, 4.69) is 10.2 Å². The van der Waals surface area contributed by atoms with Crippen molar-refractivity contribution in [3.63, 3.8) is 0 Å². The molecule has 0 saturated carbocycles. The molecule has 0 aliphatic heterocycles. The second kappa shape index (κ2) is 2.59. The molecule has 0 aromatic carbocycles. The Labute approximate surface area is 64.1 Å². The van der Waals surface area contributed by atoms with Crippen LogP contribution in [0.3, 0.4) is 0 Å². The Kier molecular flexibility index (Phi) is 1.92. The lowest BCUT2D eigenvalue weighted by molar-refractivity contribution is 0.594. The Bertz CT molecular complexity index is 341. The van der Waals surface area contributed by atoms with E-state index >= 15 is 0 Å². The van der Waals surface area contributed by atoms with E-state index in [1.807, 2.05) is 0 Å². The Morgan fingerprint density at radius 3 is 2.73 bits per heavy atom. The van der Waals surface area contributed by atoms with Crippen LogP contribution in [0.1, 0.15) is 5.82 Å². The summed E-state index contributed by atoms with van der Waals surface area (Å²) < 4.78 is 22.6. The average Bonchev–Trinajstić information content (AvgIpc) is 2.12. The molecule has 0 aliphatic rings. The van der Waals surface area contributed by atoms with Crippen LogP contribution in [0.15, 0.2) is 6.33 Å². The van der Waals surface area contributed by atoms with Crippen molar-refractivity contribution in [2.24, 2.45) is 12.2 Å². The van der Waals surface area contributed by atoms with Crippen molar-refractivity contribution in [2.45, 2.75) is 5.75 Å². The zero-order chi connectivity index (χ0) is 8.48. The quantitative estimate of drug-likeness (QED) is 0.600. The molecule has 0 amide bonds. The molecule has 0 spiro atoms. The number of nitrogens with zero attached hydrogens (tertiary/aromatic N) is 3. The predicted molar refractivity (Wildman–Crippen MR) is 37.8 cm³/mol. The Balaban J connectivity index is 2.89. The zero-order valence-electron chi connectivity index (χ0n) is 5.93. The van der Waals surface area contributed by atoms with Crippen LogP contribution in [-0.4, -0.2) is 23.2 Å². The molecule has 11 heavy (non-hydrogen) atoms. The van der Waals surface area contributed by atoms with Gasteiger partial charge in [-0.15, -0.1) is 10.2 Å². The number of hydrogen-bond donors (Lipinski definition) is 1. The molecule has 6 nitrogen and oxygen atoms in total. The van der Waals surface area contributed by atoms with Crippen LogP contribution in [0.2, 0.25) is 0 Å². The molecule has 0 bridgehead atoms. The van der Waals surface area contributed by atoms with E-state index < -0.39 is 10.0 Å². The molecule has 7 heteroatoms. The topological polar surface area (TPSA) is 90.9 Å². The first-order valence-corrected chi connectivity index (χ1v) is 4.54. The van der Waals surface area contributed by atoms with E-state index in [1.165, 1.54) is 10.9 Å². The highest BCUT2D eigenvalue weighted by Crippen LogP contribution is 1.95. The molecule has 1 aromatic rings. The summed E-state index contributed by atoms with van der Waals surface area (Å²) >= 11 is 0. The first-order chi connectivity index (χ1) is 4.99. The van der Waals surface area contributed by atoms with Gasteiger partial charge in [0.05, 0.1) is 0 Å². The summed E-state index contributed by atoms with van der Waals surface area (Å²) in [6, 6.07) is 0. The molecule has 0 radical (unpaired) electrons. The van der Waals surface area contributed by atoms with Gasteiger partial charge in [-0.2, -0.15) is 0 Å². The van der Waals surface area contributed by atoms with Crippen LogP contribution in [0, 0.1) is 0 Å². The van der Waals surface area contributed by atoms with Gasteiger partial charge in [0, 0.05) is 7.05 Å². The van der Waals surface area contributed by atoms with E-state index in [0.29, 0.717) is 5.82 Å². The summed E-state index contributed by atoms with van der Waals surface area (Å²) in [4.78, 5) is 0. The van der Waals surface area contributed by atoms with Crippen molar-refractivity contribution in [3.05, 3.63) is 12.2 Å². The monoisotopic (exact) mass is 176 g/mol. The van der Waals surface area contributed by atoms with E-state index in [4.69, 9.17) is 5.14 Å². The number of rotatable bonds is 2. The second-order valence-corrected chi connectivity index (χ2v) is 3.78. The maximum absolute atomic E-state index is 10.5. The lowest BCUT2D eigenvalue weighted by Crippen LogP contribution is -2.16. The smallest absolute Gasteiger partial charge is 0.216 e. The van der Waals surface area contributed by atoms with Crippen LogP contribution in [0.5, 0.6) is 0 Å². The van der Waals surface area contributed by atoms with E-state index in [1.54, 1.807) is 7.05 Å². The summed E-state index contributed by atoms with van der Waals surface area (Å²) in [6.45, 7) is 0. The van der Waals surface area contributed by atoms with Crippen molar-refractivity contribution in [1.82, 2.24) is 14.8 Å². The van der Waals surface area contributed by atoms with Gasteiger partial charge in [0.25, 0.3) is 0 Å². The minimum Gasteiger partial charge on any atom is -0.320 e. The molecular weight excluding hydrogens is 168 g/mol. The van der Waals surface area contributed by atoms with Gasteiger partial charge in [-0.1, -0.05) is 0 Å². The lowest BCUT2D eigenvalue weighted by Gasteiger charge is -1.95. The van der Waals surface area contributed by atoms with Gasteiger partial charge in [0.15, 0.2) is 0 Å². The third-order valence-electron chi connectivity index (χ3n) is 1.14. The van der Waals surface area contributed by atoms with Crippen molar-refractivity contribution < 1.29 is 8.42 Å². The first kappa shape index (κ1) is 8.15. The van der Waals surface area contributed by atoms with Gasteiger partial charge in [-0.05, 0) is 0 Å². The molecule has 2 N–H and O–H groups in total. The van der Waals surface area contributed by atoms with Crippen LogP contribution in [-0.2, 0) is 22.8 Å². The molecule has 0 unspecified atom stereocenters. The number of primary sulfonamides is 1. The highest BCUT2D eigenvalue weighted by molar-refractivity contribution is 7.88. The Morgan fingerprint density at radius 2 is 2.36 bits per heavy atom. The van der Waals surface area contributed by atoms with Crippen molar-refractivity contribution in [1.29, 1.82) is 0 Å². The molecule has 62 valence electrons. The number of aryl methyl sites for hydroxylation is 1. The average molecular weight is 176 g/mol. The second-order valence-electron chi connectivity index (χ2n) is 2.17. The number of hydrogen-bond acceptors (Lipinski definition) is 4. The Morgan fingerprint density at radius 1 is 1.73 bits per heavy atom. The van der Waals surface area contributed by atoms with Gasteiger partial charge in [-0.3, -0.25) is 0 Å². The lowest BCUT2D eigenvalue weighted by atomic mass is 10.7. The minimum absolute atomic E-state index is 0.274. The largest absolute Gasteiger partial charge is 0.320 e. The summed E-state index contributed by atoms with van der Waals surface area (Å²) in [5.41, 5.74) is 0. The SMILES string of the molecule is Cn1cnnc1CS(N)(=O)=O. The van der Waals surface area contributed by atoms with Gasteiger partial charge in [0.2, 0.25) is 10.0 Å². The highest BCUT2D eigenvalue weighted by atomic mass is 32.2. The molecular formula is C4H8N4O2S. The van der Waals surface area contributed by atoms with Crippen molar-refractivity contribution in [3.8, 4) is 0 Å². The maximum Gasteiger partial charge on any atom is 0.216 e. The fourth-order valence-corrected chi connectivity index (χ4v) is 1.24. The van der Waals surface area contributed by atoms with Gasteiger partial charge < -0.3 is 4.57 Å². The van der Waals surface area contributed by atoms with Crippen LogP contribution in [0.4, 0.5) is 0 Å². The molecule has 1 aromatic heterocycles. The Hall–Kier alpha value is -0.950. The zero-order valence-corrected chi connectivity index (χ0v) is 6.74. The van der Waals surface area contributed by atoms with E-state index in [-0.39, 0.29) is 5.75 Å². The molecule has 1 rings (SSSR count). The number of nitrogens with two attached hydrogens (primary N) is 1. The highest BCUT2D eigenvalue weighted by Gasteiger charge is 2.08. The fourth-order valence-electron chi connectivity index (χ4n) is 0.618. The maximum atomic E-state index is 10.5. The molecule has 0 saturated heterocycles. The summed E-state index contributed by atoms with van der Waals surface area (Å²) in [5.74, 6) is 0.0660. The van der Waals surface area contributed by atoms with Crippen LogP contribution in [0.25, 0.3) is 0 Å². The summed E-state index contributed by atoms with van der Waals surface area (Å²) in [7, 11) is -1.84. The van der Waals surface area contributed by atoms with E-state index in [9.17, 15) is 8.42 Å². The predicted octanol–water partition coefficient (Wildman–Crippen LogP) is -1.40. The van der Waals surface area contributed by atoms with Gasteiger partial charge in [0.1, 0.15) is 17.9 Å². The molecule has 0 aliphatic carbocycles. The number of sulfonamides is 1. The van der Waals surface area contributed by atoms with Crippen molar-refractivity contribution >= 4 is 10.0 Å². The normalized spacial score (nSPS) is 11.8. The van der Waals surface area contributed by atoms with Crippen molar-refractivity contribution in [2.75, 3.05) is 0 Å². The summed E-state index contributed by atoms with van der Waals surface area (Å²) in [5, 5.41) is 11.8. The standard InChI is InChI=1S/C4H8N4O2S/c1-8-3-6-7-4(8)2-11(5,9)10/h3H,2H2,1H3,(H2,5,9,10). The number of aromatic nitrogens is 3. The van der Waals surface area contributed by atoms with Crippen LogP contribution < -0.4 is 5.14 Å². The molecule has 0 fully saturated rings. The van der Waals surface area contributed by atoms with E-state index in [0.717, 1.165) is 0 Å². The molecule has 0 atom stereocenters. The summed E-state index contributed by atoms with van der Waals surface area (Å²) in [6.07, 6.45) is 1.42. The van der Waals surface area contributed by atoms with Gasteiger partial charge >= 0.3 is 0 Å². The first-order valence-electron chi connectivity index (χ1n) is 2.82. The van der Waals surface area contributed by atoms with Crippen LogP contribution >= 0.6 is 0 Å². The third-order valence-corrected chi connectivity index (χ3v) is 1.80. The minimum atomic E-state index is -3.49. The third kappa shape index (κ3) is 2.28. The fraction of sp³-hybridized carbons (Fsp3) is 0.500. The molecule has 1 heterocycles.